The summed E-state index contributed by atoms with van der Waals surface area (Å²) in [6.07, 6.45) is 3.43. The number of carbonyl (C=O) groups excluding carboxylic acids is 2. The quantitative estimate of drug-likeness (QED) is 0.831. The molecule has 2 amide bonds. The smallest absolute Gasteiger partial charge is 0.247 e. The molecule has 0 spiro atoms. The van der Waals surface area contributed by atoms with Crippen molar-refractivity contribution in [2.75, 3.05) is 11.9 Å². The lowest BCUT2D eigenvalue weighted by Gasteiger charge is -2.26. The molecule has 1 aliphatic heterocycles. The van der Waals surface area contributed by atoms with E-state index in [1.54, 1.807) is 41.4 Å². The first-order valence-electron chi connectivity index (χ1n) is 9.27. The second-order valence-electron chi connectivity index (χ2n) is 6.65. The van der Waals surface area contributed by atoms with Crippen LogP contribution in [0.2, 0.25) is 0 Å². The van der Waals surface area contributed by atoms with Crippen molar-refractivity contribution in [3.8, 4) is 17.7 Å². The molecular weight excluding hydrogens is 356 g/mol. The first kappa shape index (κ1) is 19.4. The Morgan fingerprint density at radius 3 is 2.89 bits per heavy atom. The highest BCUT2D eigenvalue weighted by Gasteiger charge is 2.31. The summed E-state index contributed by atoms with van der Waals surface area (Å²) >= 11 is 0. The van der Waals surface area contributed by atoms with Gasteiger partial charge in [0.1, 0.15) is 23.4 Å². The number of rotatable bonds is 6. The zero-order valence-electron chi connectivity index (χ0n) is 15.9. The summed E-state index contributed by atoms with van der Waals surface area (Å²) in [5.74, 6) is 0.601. The molecule has 1 atom stereocenters. The molecule has 1 unspecified atom stereocenters. The number of benzene rings is 1. The molecule has 3 rings (SSSR count). The van der Waals surface area contributed by atoms with Gasteiger partial charge in [-0.2, -0.15) is 5.26 Å². The standard InChI is InChI=1S/C21H22N4O3/c1-3-18(25-11-5-7-19(25)26)20(27)24-17-9-8-16(12-14(17)2)28-21-15(13-22)6-4-10-23-21/h4,6,8-10,12,18H,3,5,7,11H2,1-2H3,(H,24,27). The van der Waals surface area contributed by atoms with Crippen molar-refractivity contribution >= 4 is 17.5 Å². The summed E-state index contributed by atoms with van der Waals surface area (Å²) in [5.41, 5.74) is 1.81. The number of aryl methyl sites for hydroxylation is 1. The van der Waals surface area contributed by atoms with Crippen LogP contribution in [0.1, 0.15) is 37.3 Å². The van der Waals surface area contributed by atoms with E-state index in [4.69, 9.17) is 10.00 Å². The van der Waals surface area contributed by atoms with Crippen molar-refractivity contribution in [1.82, 2.24) is 9.88 Å². The van der Waals surface area contributed by atoms with Crippen LogP contribution >= 0.6 is 0 Å². The van der Waals surface area contributed by atoms with E-state index < -0.39 is 6.04 Å². The van der Waals surface area contributed by atoms with Crippen LogP contribution in [0.5, 0.6) is 11.6 Å². The Morgan fingerprint density at radius 2 is 2.25 bits per heavy atom. The number of ether oxygens (including phenoxy) is 1. The third-order valence-corrected chi connectivity index (χ3v) is 4.74. The maximum atomic E-state index is 12.7. The topological polar surface area (TPSA) is 95.3 Å². The van der Waals surface area contributed by atoms with Crippen LogP contribution in [-0.2, 0) is 9.59 Å². The number of carbonyl (C=O) groups is 2. The van der Waals surface area contributed by atoms with Crippen molar-refractivity contribution in [3.05, 3.63) is 47.7 Å². The fourth-order valence-corrected chi connectivity index (χ4v) is 3.27. The molecule has 7 nitrogen and oxygen atoms in total. The lowest BCUT2D eigenvalue weighted by Crippen LogP contribution is -2.44. The third kappa shape index (κ3) is 4.12. The molecule has 0 aliphatic carbocycles. The lowest BCUT2D eigenvalue weighted by atomic mass is 10.1. The normalized spacial score (nSPS) is 14.5. The molecule has 1 aliphatic rings. The summed E-state index contributed by atoms with van der Waals surface area (Å²) in [6, 6.07) is 10.1. The second kappa shape index (κ2) is 8.53. The number of hydrogen-bond donors (Lipinski definition) is 1. The van der Waals surface area contributed by atoms with Crippen LogP contribution in [0.4, 0.5) is 5.69 Å². The monoisotopic (exact) mass is 378 g/mol. The van der Waals surface area contributed by atoms with Gasteiger partial charge in [0.2, 0.25) is 17.7 Å². The van der Waals surface area contributed by atoms with E-state index in [1.807, 2.05) is 19.9 Å². The highest BCUT2D eigenvalue weighted by Crippen LogP contribution is 2.27. The number of pyridine rings is 1. The van der Waals surface area contributed by atoms with Gasteiger partial charge in [-0.25, -0.2) is 4.98 Å². The van der Waals surface area contributed by atoms with Gasteiger partial charge in [-0.3, -0.25) is 9.59 Å². The maximum Gasteiger partial charge on any atom is 0.247 e. The predicted molar refractivity (Wildman–Crippen MR) is 104 cm³/mol. The Bertz CT molecular complexity index is 935. The fraction of sp³-hybridized carbons (Fsp3) is 0.333. The molecule has 2 heterocycles. The summed E-state index contributed by atoms with van der Waals surface area (Å²) in [4.78, 5) is 30.4. The second-order valence-corrected chi connectivity index (χ2v) is 6.65. The first-order chi connectivity index (χ1) is 13.5. The molecule has 1 aromatic carbocycles. The van der Waals surface area contributed by atoms with Gasteiger partial charge < -0.3 is 15.0 Å². The summed E-state index contributed by atoms with van der Waals surface area (Å²) in [5, 5.41) is 12.0. The molecule has 2 aromatic rings. The van der Waals surface area contributed by atoms with Crippen molar-refractivity contribution in [1.29, 1.82) is 5.26 Å². The van der Waals surface area contributed by atoms with Crippen molar-refractivity contribution in [2.24, 2.45) is 0 Å². The van der Waals surface area contributed by atoms with Crippen molar-refractivity contribution < 1.29 is 14.3 Å². The Hall–Kier alpha value is -3.40. The summed E-state index contributed by atoms with van der Waals surface area (Å²) in [6.45, 7) is 4.38. The van der Waals surface area contributed by atoms with E-state index >= 15 is 0 Å². The van der Waals surface area contributed by atoms with Gasteiger partial charge in [-0.1, -0.05) is 6.92 Å². The largest absolute Gasteiger partial charge is 0.438 e. The molecule has 0 saturated carbocycles. The number of amides is 2. The van der Waals surface area contributed by atoms with E-state index in [2.05, 4.69) is 10.3 Å². The molecule has 1 fully saturated rings. The average molecular weight is 378 g/mol. The summed E-state index contributed by atoms with van der Waals surface area (Å²) in [7, 11) is 0. The zero-order chi connectivity index (χ0) is 20.1. The van der Waals surface area contributed by atoms with Gasteiger partial charge >= 0.3 is 0 Å². The number of nitriles is 1. The van der Waals surface area contributed by atoms with Crippen LogP contribution in [0.15, 0.2) is 36.5 Å². The highest BCUT2D eigenvalue weighted by molar-refractivity contribution is 5.98. The Kier molecular flexibility index (Phi) is 5.90. The van der Waals surface area contributed by atoms with Gasteiger partial charge in [0, 0.05) is 24.8 Å². The first-order valence-corrected chi connectivity index (χ1v) is 9.27. The Labute approximate surface area is 163 Å². The Morgan fingerprint density at radius 1 is 1.43 bits per heavy atom. The van der Waals surface area contributed by atoms with Crippen molar-refractivity contribution in [3.63, 3.8) is 0 Å². The number of nitrogens with one attached hydrogen (secondary N) is 1. The zero-order valence-corrected chi connectivity index (χ0v) is 15.9. The van der Waals surface area contributed by atoms with Gasteiger partial charge in [0.15, 0.2) is 0 Å². The highest BCUT2D eigenvalue weighted by atomic mass is 16.5. The molecule has 1 N–H and O–H groups in total. The molecule has 1 saturated heterocycles. The van der Waals surface area contributed by atoms with Crippen LogP contribution in [-0.4, -0.2) is 34.3 Å². The van der Waals surface area contributed by atoms with E-state index in [9.17, 15) is 9.59 Å². The van der Waals surface area contributed by atoms with E-state index in [0.29, 0.717) is 36.4 Å². The fourth-order valence-electron chi connectivity index (χ4n) is 3.27. The van der Waals surface area contributed by atoms with Gasteiger partial charge in [-0.05, 0) is 55.7 Å². The Balaban J connectivity index is 1.72. The van der Waals surface area contributed by atoms with Crippen LogP contribution in [0.3, 0.4) is 0 Å². The van der Waals surface area contributed by atoms with E-state index in [0.717, 1.165) is 12.0 Å². The number of hydrogen-bond acceptors (Lipinski definition) is 5. The number of aromatic nitrogens is 1. The number of anilines is 1. The van der Waals surface area contributed by atoms with Crippen LogP contribution < -0.4 is 10.1 Å². The average Bonchev–Trinajstić information content (AvgIpc) is 3.11. The molecular formula is C21H22N4O3. The minimum absolute atomic E-state index is 0.0335. The molecule has 7 heteroatoms. The van der Waals surface area contributed by atoms with Crippen LogP contribution in [0, 0.1) is 18.3 Å². The predicted octanol–water partition coefficient (Wildman–Crippen LogP) is 3.39. The molecule has 28 heavy (non-hydrogen) atoms. The van der Waals surface area contributed by atoms with E-state index in [1.165, 1.54) is 0 Å². The van der Waals surface area contributed by atoms with Gasteiger partial charge in [-0.15, -0.1) is 0 Å². The van der Waals surface area contributed by atoms with Gasteiger partial charge in [0.05, 0.1) is 0 Å². The van der Waals surface area contributed by atoms with Crippen LogP contribution in [0.25, 0.3) is 0 Å². The third-order valence-electron chi connectivity index (χ3n) is 4.74. The molecule has 1 aromatic heterocycles. The SMILES string of the molecule is CCC(C(=O)Nc1ccc(Oc2ncccc2C#N)cc1C)N1CCCC1=O. The lowest BCUT2D eigenvalue weighted by molar-refractivity contribution is -0.135. The molecule has 0 radical (unpaired) electrons. The number of likely N-dealkylation sites (tertiary alicyclic amines) is 1. The van der Waals surface area contributed by atoms with E-state index in [-0.39, 0.29) is 17.7 Å². The molecule has 144 valence electrons. The summed E-state index contributed by atoms with van der Waals surface area (Å²) < 4.78 is 5.71. The minimum atomic E-state index is -0.461. The van der Waals surface area contributed by atoms with Gasteiger partial charge in [0.25, 0.3) is 0 Å². The number of nitrogens with zero attached hydrogens (tertiary/aromatic N) is 3. The maximum absolute atomic E-state index is 12.7. The van der Waals surface area contributed by atoms with Crippen molar-refractivity contribution in [2.45, 2.75) is 39.2 Å². The minimum Gasteiger partial charge on any atom is -0.438 e. The molecule has 0 bridgehead atoms.